The maximum absolute atomic E-state index is 14.0. The Kier molecular flexibility index (Phi) is 16.5. The molecule has 0 aliphatic carbocycles. The Bertz CT molecular complexity index is 2770. The van der Waals surface area contributed by atoms with Gasteiger partial charge in [-0.25, -0.2) is 4.79 Å². The second kappa shape index (κ2) is 22.8. The van der Waals surface area contributed by atoms with Gasteiger partial charge in [0, 0.05) is 49.5 Å². The number of esters is 1. The molecule has 346 valence electrons. The Morgan fingerprint density at radius 3 is 2.07 bits per heavy atom. The fourth-order valence-corrected chi connectivity index (χ4v) is 8.75. The van der Waals surface area contributed by atoms with Crippen LogP contribution in [0.3, 0.4) is 0 Å². The SMILES string of the molecule is O=C(CCc1ccc(COc2cccc([C@](O)(C(=O)OC3CCN(Cc4ccccc4)CC3)c3ccccc3)c2)cc1)Cc1ccc(CCC[C@H](O)c2ccc(O)c3[nH]c(=O)ccc23)cc1.S. The van der Waals surface area contributed by atoms with Crippen molar-refractivity contribution in [3.63, 3.8) is 0 Å². The number of pyridine rings is 1. The van der Waals surface area contributed by atoms with Crippen molar-refractivity contribution in [3.8, 4) is 11.5 Å². The minimum atomic E-state index is -2.03. The predicted octanol–water partition coefficient (Wildman–Crippen LogP) is 9.17. The number of nitrogens with zero attached hydrogens (tertiary/aromatic N) is 1. The van der Waals surface area contributed by atoms with E-state index in [4.69, 9.17) is 9.47 Å². The van der Waals surface area contributed by atoms with Crippen molar-refractivity contribution in [3.05, 3.63) is 213 Å². The monoisotopic (exact) mass is 918 g/mol. The van der Waals surface area contributed by atoms with Gasteiger partial charge in [0.05, 0.1) is 11.6 Å². The van der Waals surface area contributed by atoms with Crippen LogP contribution in [0.1, 0.15) is 82.7 Å². The summed E-state index contributed by atoms with van der Waals surface area (Å²) < 4.78 is 12.2. The number of aromatic amines is 1. The number of fused-ring (bicyclic) bond motifs is 1. The van der Waals surface area contributed by atoms with Crippen molar-refractivity contribution in [2.45, 2.75) is 82.3 Å². The van der Waals surface area contributed by atoms with Gasteiger partial charge in [-0.1, -0.05) is 127 Å². The van der Waals surface area contributed by atoms with Crippen molar-refractivity contribution < 1.29 is 34.4 Å². The van der Waals surface area contributed by atoms with E-state index in [2.05, 4.69) is 22.0 Å². The summed E-state index contributed by atoms with van der Waals surface area (Å²) in [4.78, 5) is 43.7. The molecular formula is C56H58N2O8S. The van der Waals surface area contributed by atoms with E-state index in [0.717, 1.165) is 54.7 Å². The number of phenolic OH excluding ortho intramolecular Hbond substituents is 1. The molecule has 1 saturated heterocycles. The zero-order valence-electron chi connectivity index (χ0n) is 37.5. The van der Waals surface area contributed by atoms with E-state index in [-0.39, 0.29) is 43.3 Å². The fraction of sp³-hybridized carbons (Fsp3) is 0.268. The first kappa shape index (κ1) is 48.4. The number of benzene rings is 6. The maximum atomic E-state index is 14.0. The predicted molar refractivity (Wildman–Crippen MR) is 265 cm³/mol. The molecule has 0 saturated carbocycles. The molecule has 11 heteroatoms. The number of aromatic hydroxyl groups is 1. The Labute approximate surface area is 398 Å². The number of hydrogen-bond acceptors (Lipinski definition) is 9. The number of ether oxygens (including phenoxy) is 2. The Hall–Kier alpha value is -6.50. The third-order valence-electron chi connectivity index (χ3n) is 12.6. The van der Waals surface area contributed by atoms with Crippen LogP contribution in [0, 0.1) is 0 Å². The zero-order valence-corrected chi connectivity index (χ0v) is 38.5. The van der Waals surface area contributed by atoms with E-state index in [0.29, 0.717) is 71.9 Å². The molecule has 6 aromatic carbocycles. The lowest BCUT2D eigenvalue weighted by Gasteiger charge is -2.34. The number of carbonyl (C=O) groups is 2. The number of likely N-dealkylation sites (tertiary alicyclic amines) is 1. The zero-order chi connectivity index (χ0) is 45.9. The van der Waals surface area contributed by atoms with Gasteiger partial charge in [0.2, 0.25) is 11.2 Å². The van der Waals surface area contributed by atoms with E-state index in [1.54, 1.807) is 60.7 Å². The smallest absolute Gasteiger partial charge is 0.347 e. The van der Waals surface area contributed by atoms with Crippen LogP contribution in [0.2, 0.25) is 0 Å². The lowest BCUT2D eigenvalue weighted by Crippen LogP contribution is -2.43. The normalized spacial score (nSPS) is 14.4. The summed E-state index contributed by atoms with van der Waals surface area (Å²) in [5.41, 5.74) is 4.73. The highest BCUT2D eigenvalue weighted by molar-refractivity contribution is 7.59. The van der Waals surface area contributed by atoms with Crippen LogP contribution >= 0.6 is 13.5 Å². The van der Waals surface area contributed by atoms with Gasteiger partial charge in [-0.3, -0.25) is 14.5 Å². The largest absolute Gasteiger partial charge is 0.506 e. The summed E-state index contributed by atoms with van der Waals surface area (Å²) in [5, 5.41) is 33.9. The third kappa shape index (κ3) is 12.5. The quantitative estimate of drug-likeness (QED) is 0.0583. The lowest BCUT2D eigenvalue weighted by molar-refractivity contribution is -0.170. The van der Waals surface area contributed by atoms with Crippen LogP contribution in [-0.4, -0.2) is 56.1 Å². The highest BCUT2D eigenvalue weighted by Crippen LogP contribution is 2.35. The van der Waals surface area contributed by atoms with Gasteiger partial charge in [0.1, 0.15) is 30.0 Å². The van der Waals surface area contributed by atoms with E-state index in [1.807, 2.05) is 72.8 Å². The van der Waals surface area contributed by atoms with E-state index in [1.165, 1.54) is 17.7 Å². The van der Waals surface area contributed by atoms with Crippen LogP contribution in [0.15, 0.2) is 163 Å². The van der Waals surface area contributed by atoms with Crippen molar-refractivity contribution >= 4 is 36.2 Å². The number of aryl methyl sites for hydroxylation is 2. The molecule has 8 rings (SSSR count). The fourth-order valence-electron chi connectivity index (χ4n) is 8.75. The third-order valence-corrected chi connectivity index (χ3v) is 12.6. The van der Waals surface area contributed by atoms with Crippen molar-refractivity contribution in [2.75, 3.05) is 13.1 Å². The number of rotatable bonds is 19. The second-order valence-corrected chi connectivity index (χ2v) is 17.3. The average Bonchev–Trinajstić information content (AvgIpc) is 3.35. The maximum Gasteiger partial charge on any atom is 0.347 e. The number of aliphatic hydroxyl groups excluding tert-OH is 1. The molecule has 1 fully saturated rings. The topological polar surface area (TPSA) is 149 Å². The van der Waals surface area contributed by atoms with Gasteiger partial charge >= 0.3 is 5.97 Å². The van der Waals surface area contributed by atoms with Gasteiger partial charge in [-0.05, 0) is 102 Å². The number of phenols is 1. The first-order chi connectivity index (χ1) is 32.1. The molecule has 1 aliphatic rings. The molecule has 67 heavy (non-hydrogen) atoms. The number of Topliss-reactive ketones (excluding diaryl/α,β-unsaturated/α-hetero) is 1. The molecule has 4 N–H and O–H groups in total. The van der Waals surface area contributed by atoms with Crippen molar-refractivity contribution in [1.82, 2.24) is 9.88 Å². The second-order valence-electron chi connectivity index (χ2n) is 17.3. The highest BCUT2D eigenvalue weighted by Gasteiger charge is 2.43. The van der Waals surface area contributed by atoms with Crippen molar-refractivity contribution in [1.29, 1.82) is 0 Å². The van der Waals surface area contributed by atoms with Crippen LogP contribution in [0.5, 0.6) is 11.5 Å². The molecule has 1 aromatic heterocycles. The Balaban J connectivity index is 0.00000666. The molecule has 10 nitrogen and oxygen atoms in total. The minimum absolute atomic E-state index is 0. The standard InChI is InChI=1S/C56H56N2O8.H2S/c59-46(35-41-21-17-39(18-22-41)11-7-16-51(60)49-27-29-52(61)54-50(49)28-30-53(62)57-54)26-25-40-19-23-43(24-20-40)38-65-48-15-8-14-45(36-48)56(64,44-12-5-2-6-13-44)55(63)66-47-31-33-58(34-32-47)37-42-9-3-1-4-10-42;/h1-6,8-10,12-15,17-24,27-30,36,47,51,60-61,64H,7,11,16,25-26,31-35,37-38H2,(H,57,62);1H2/t51-,56-;/m0./s1. The first-order valence-corrected chi connectivity index (χ1v) is 22.8. The summed E-state index contributed by atoms with van der Waals surface area (Å²) in [7, 11) is 0. The van der Waals surface area contributed by atoms with Gasteiger partial charge < -0.3 is 29.8 Å². The van der Waals surface area contributed by atoms with Crippen LogP contribution < -0.4 is 10.3 Å². The average molecular weight is 919 g/mol. The molecular weight excluding hydrogens is 861 g/mol. The van der Waals surface area contributed by atoms with Gasteiger partial charge in [0.25, 0.3) is 0 Å². The van der Waals surface area contributed by atoms with Gasteiger partial charge in [0.15, 0.2) is 0 Å². The summed E-state index contributed by atoms with van der Waals surface area (Å²) in [6.45, 7) is 2.71. The number of aromatic nitrogens is 1. The van der Waals surface area contributed by atoms with E-state index in [9.17, 15) is 29.7 Å². The lowest BCUT2D eigenvalue weighted by atomic mass is 9.86. The molecule has 0 unspecified atom stereocenters. The number of piperidine rings is 1. The van der Waals surface area contributed by atoms with Gasteiger partial charge in [-0.15, -0.1) is 0 Å². The minimum Gasteiger partial charge on any atom is -0.506 e. The molecule has 0 radical (unpaired) electrons. The summed E-state index contributed by atoms with van der Waals surface area (Å²) in [6.07, 6.45) is 3.71. The van der Waals surface area contributed by atoms with Gasteiger partial charge in [-0.2, -0.15) is 13.5 Å². The molecule has 0 spiro atoms. The van der Waals surface area contributed by atoms with E-state index >= 15 is 0 Å². The number of hydrogen-bond donors (Lipinski definition) is 4. The summed E-state index contributed by atoms with van der Waals surface area (Å²) in [6, 6.07) is 48.4. The van der Waals surface area contributed by atoms with Crippen LogP contribution in [0.4, 0.5) is 0 Å². The summed E-state index contributed by atoms with van der Waals surface area (Å²) >= 11 is 0. The van der Waals surface area contributed by atoms with Crippen molar-refractivity contribution in [2.24, 2.45) is 0 Å². The Morgan fingerprint density at radius 2 is 1.36 bits per heavy atom. The number of ketones is 1. The number of H-pyrrole nitrogens is 1. The molecule has 2 atom stereocenters. The number of nitrogens with one attached hydrogen (secondary N) is 1. The highest BCUT2D eigenvalue weighted by atomic mass is 32.1. The number of aliphatic hydroxyl groups is 2. The molecule has 1 aliphatic heterocycles. The first-order valence-electron chi connectivity index (χ1n) is 22.8. The number of carbonyl (C=O) groups excluding carboxylic acids is 2. The molecule has 7 aromatic rings. The molecule has 0 bridgehead atoms. The van der Waals surface area contributed by atoms with E-state index < -0.39 is 17.7 Å². The Morgan fingerprint density at radius 1 is 0.716 bits per heavy atom. The summed E-state index contributed by atoms with van der Waals surface area (Å²) in [5.74, 6) is -0.0767. The van der Waals surface area contributed by atoms with Crippen LogP contribution in [0.25, 0.3) is 10.9 Å². The molecule has 0 amide bonds. The van der Waals surface area contributed by atoms with Crippen LogP contribution in [-0.2, 0) is 52.3 Å². The molecule has 2 heterocycles.